The van der Waals surface area contributed by atoms with Crippen molar-refractivity contribution >= 4 is 23.0 Å². The predicted molar refractivity (Wildman–Crippen MR) is 44.2 cm³/mol. The first-order chi connectivity index (χ1) is 5.54. The van der Waals surface area contributed by atoms with E-state index >= 15 is 0 Å². The van der Waals surface area contributed by atoms with Crippen molar-refractivity contribution in [2.24, 2.45) is 0 Å². The Morgan fingerprint density at radius 3 is 2.67 bits per heavy atom. The average Bonchev–Trinajstić information content (AvgIpc) is 2.00. The van der Waals surface area contributed by atoms with Gasteiger partial charge < -0.3 is 10.8 Å². The van der Waals surface area contributed by atoms with Crippen molar-refractivity contribution in [3.63, 3.8) is 0 Å². The number of nitrogen functional groups attached to an aromatic ring is 1. The summed E-state index contributed by atoms with van der Waals surface area (Å²) in [5, 5.41) is 19.0. The number of anilines is 1. The van der Waals surface area contributed by atoms with Crippen molar-refractivity contribution in [3.8, 4) is 5.75 Å². The highest BCUT2D eigenvalue weighted by Gasteiger charge is 2.16. The molecule has 0 aliphatic rings. The van der Waals surface area contributed by atoms with Crippen LogP contribution in [0.4, 0.5) is 11.4 Å². The minimum Gasteiger partial charge on any atom is -0.506 e. The third-order valence-corrected chi connectivity index (χ3v) is 1.73. The van der Waals surface area contributed by atoms with Gasteiger partial charge in [-0.25, -0.2) is 0 Å². The second-order valence-electron chi connectivity index (χ2n) is 2.09. The highest BCUT2D eigenvalue weighted by atomic mass is 35.5. The number of nitrogens with zero attached hydrogens (tertiary/aromatic N) is 1. The molecule has 1 aromatic rings. The van der Waals surface area contributed by atoms with Crippen LogP contribution < -0.4 is 5.73 Å². The normalized spacial score (nSPS) is 9.75. The van der Waals surface area contributed by atoms with Gasteiger partial charge in [0.2, 0.25) is 0 Å². The molecule has 0 bridgehead atoms. The number of halogens is 1. The van der Waals surface area contributed by atoms with Gasteiger partial charge in [-0.2, -0.15) is 0 Å². The molecule has 64 valence electrons. The largest absolute Gasteiger partial charge is 0.506 e. The van der Waals surface area contributed by atoms with Crippen LogP contribution in [-0.4, -0.2) is 10.0 Å². The first-order valence-corrected chi connectivity index (χ1v) is 3.33. The molecule has 0 aliphatic heterocycles. The summed E-state index contributed by atoms with van der Waals surface area (Å²) in [5.41, 5.74) is 4.75. The maximum Gasteiger partial charge on any atom is 0.290 e. The molecule has 0 unspecified atom stereocenters. The SMILES string of the molecule is Nc1c(O)ccc([N+](=O)[O-])c1Cl. The van der Waals surface area contributed by atoms with Crippen molar-refractivity contribution in [3.05, 3.63) is 27.3 Å². The van der Waals surface area contributed by atoms with Crippen molar-refractivity contribution in [1.29, 1.82) is 0 Å². The van der Waals surface area contributed by atoms with Crippen LogP contribution in [0.15, 0.2) is 12.1 Å². The second-order valence-corrected chi connectivity index (χ2v) is 2.47. The van der Waals surface area contributed by atoms with E-state index in [0.717, 1.165) is 12.1 Å². The van der Waals surface area contributed by atoms with Crippen molar-refractivity contribution < 1.29 is 10.0 Å². The first-order valence-electron chi connectivity index (χ1n) is 2.95. The van der Waals surface area contributed by atoms with Gasteiger partial charge in [0, 0.05) is 6.07 Å². The van der Waals surface area contributed by atoms with Crippen molar-refractivity contribution in [2.45, 2.75) is 0 Å². The highest BCUT2D eigenvalue weighted by Crippen LogP contribution is 2.35. The molecule has 0 aliphatic carbocycles. The second kappa shape index (κ2) is 2.86. The minimum atomic E-state index is -0.669. The van der Waals surface area contributed by atoms with Gasteiger partial charge >= 0.3 is 0 Å². The van der Waals surface area contributed by atoms with Gasteiger partial charge in [-0.3, -0.25) is 10.1 Å². The van der Waals surface area contributed by atoms with Gasteiger partial charge in [-0.15, -0.1) is 0 Å². The third kappa shape index (κ3) is 1.26. The van der Waals surface area contributed by atoms with E-state index in [-0.39, 0.29) is 22.1 Å². The fourth-order valence-electron chi connectivity index (χ4n) is 0.712. The number of benzene rings is 1. The number of phenols is 1. The van der Waals surface area contributed by atoms with E-state index < -0.39 is 4.92 Å². The Morgan fingerprint density at radius 1 is 1.58 bits per heavy atom. The zero-order valence-corrected chi connectivity index (χ0v) is 6.58. The van der Waals surface area contributed by atoms with Crippen molar-refractivity contribution in [1.82, 2.24) is 0 Å². The van der Waals surface area contributed by atoms with Crippen LogP contribution in [0.25, 0.3) is 0 Å². The summed E-state index contributed by atoms with van der Waals surface area (Å²) < 4.78 is 0. The zero-order valence-electron chi connectivity index (χ0n) is 5.82. The summed E-state index contributed by atoms with van der Waals surface area (Å²) >= 11 is 5.47. The summed E-state index contributed by atoms with van der Waals surface area (Å²) in [5.74, 6) is -0.259. The molecule has 0 atom stereocenters. The number of aromatic hydroxyl groups is 1. The lowest BCUT2D eigenvalue weighted by Crippen LogP contribution is -1.93. The molecule has 0 aromatic heterocycles. The predicted octanol–water partition coefficient (Wildman–Crippen LogP) is 1.54. The van der Waals surface area contributed by atoms with Crippen LogP contribution in [-0.2, 0) is 0 Å². The van der Waals surface area contributed by atoms with Crippen LogP contribution in [0.2, 0.25) is 5.02 Å². The van der Waals surface area contributed by atoms with E-state index in [9.17, 15) is 10.1 Å². The number of nitrogens with two attached hydrogens (primary N) is 1. The Bertz CT molecular complexity index is 340. The Kier molecular flexibility index (Phi) is 2.05. The van der Waals surface area contributed by atoms with Crippen LogP contribution >= 0.6 is 11.6 Å². The Morgan fingerprint density at radius 2 is 2.17 bits per heavy atom. The number of nitro groups is 1. The first kappa shape index (κ1) is 8.61. The van der Waals surface area contributed by atoms with E-state index in [1.165, 1.54) is 0 Å². The lowest BCUT2D eigenvalue weighted by Gasteiger charge is -2.00. The average molecular weight is 189 g/mol. The summed E-state index contributed by atoms with van der Waals surface area (Å²) in [4.78, 5) is 9.60. The van der Waals surface area contributed by atoms with Gasteiger partial charge in [0.05, 0.1) is 10.6 Å². The molecule has 0 heterocycles. The smallest absolute Gasteiger partial charge is 0.290 e. The van der Waals surface area contributed by atoms with E-state index in [1.54, 1.807) is 0 Å². The standard InChI is InChI=1S/C6H5ClN2O3/c7-5-3(9(11)12)1-2-4(10)6(5)8/h1-2,10H,8H2. The topological polar surface area (TPSA) is 89.4 Å². The molecular weight excluding hydrogens is 184 g/mol. The summed E-state index contributed by atoms with van der Waals surface area (Å²) in [6.45, 7) is 0. The molecular formula is C6H5ClN2O3. The number of hydrogen-bond acceptors (Lipinski definition) is 4. The fourth-order valence-corrected chi connectivity index (χ4v) is 0.941. The molecule has 0 saturated carbocycles. The van der Waals surface area contributed by atoms with Gasteiger partial charge in [0.25, 0.3) is 5.69 Å². The minimum absolute atomic E-state index is 0.175. The van der Waals surface area contributed by atoms with E-state index in [4.69, 9.17) is 22.4 Å². The molecule has 12 heavy (non-hydrogen) atoms. The van der Waals surface area contributed by atoms with Gasteiger partial charge in [-0.1, -0.05) is 11.6 Å². The Balaban J connectivity index is 3.36. The number of phenolic OH excluding ortho intramolecular Hbond substituents is 1. The van der Waals surface area contributed by atoms with E-state index in [0.29, 0.717) is 0 Å². The number of rotatable bonds is 1. The maximum atomic E-state index is 10.3. The molecule has 0 radical (unpaired) electrons. The van der Waals surface area contributed by atoms with Gasteiger partial charge in [0.15, 0.2) is 0 Å². The summed E-state index contributed by atoms with van der Waals surface area (Å²) in [6.07, 6.45) is 0. The van der Waals surface area contributed by atoms with Crippen LogP contribution in [0, 0.1) is 10.1 Å². The lowest BCUT2D eigenvalue weighted by atomic mass is 10.2. The summed E-state index contributed by atoms with van der Waals surface area (Å²) in [7, 11) is 0. The molecule has 3 N–H and O–H groups in total. The molecule has 6 heteroatoms. The fraction of sp³-hybridized carbons (Fsp3) is 0. The van der Waals surface area contributed by atoms with E-state index in [2.05, 4.69) is 0 Å². The number of nitro benzene ring substituents is 1. The molecule has 5 nitrogen and oxygen atoms in total. The summed E-state index contributed by atoms with van der Waals surface area (Å²) in [6, 6.07) is 2.22. The molecule has 0 spiro atoms. The van der Waals surface area contributed by atoms with E-state index in [1.807, 2.05) is 0 Å². The van der Waals surface area contributed by atoms with Crippen LogP contribution in [0.5, 0.6) is 5.75 Å². The third-order valence-electron chi connectivity index (χ3n) is 1.33. The molecule has 0 saturated heterocycles. The van der Waals surface area contributed by atoms with Gasteiger partial charge in [-0.05, 0) is 6.07 Å². The molecule has 0 amide bonds. The van der Waals surface area contributed by atoms with Crippen LogP contribution in [0.3, 0.4) is 0 Å². The highest BCUT2D eigenvalue weighted by molar-refractivity contribution is 6.35. The van der Waals surface area contributed by atoms with Crippen molar-refractivity contribution in [2.75, 3.05) is 5.73 Å². The van der Waals surface area contributed by atoms with Crippen LogP contribution in [0.1, 0.15) is 0 Å². The quantitative estimate of drug-likeness (QED) is 0.303. The number of hydrogen-bond donors (Lipinski definition) is 2. The molecule has 1 aromatic carbocycles. The lowest BCUT2D eigenvalue weighted by molar-refractivity contribution is -0.384. The molecule has 1 rings (SSSR count). The monoisotopic (exact) mass is 188 g/mol. The zero-order chi connectivity index (χ0) is 9.30. The van der Waals surface area contributed by atoms with Gasteiger partial charge in [0.1, 0.15) is 10.8 Å². The Hall–Kier alpha value is -1.49. The Labute approximate surface area is 72.5 Å². The maximum absolute atomic E-state index is 10.3. The molecule has 0 fully saturated rings.